The zero-order valence-corrected chi connectivity index (χ0v) is 19.5. The number of imidazole rings is 1. The molecule has 0 saturated heterocycles. The highest BCUT2D eigenvalue weighted by atomic mass is 79.9. The molecule has 0 radical (unpaired) electrons. The van der Waals surface area contributed by atoms with Crippen LogP contribution < -0.4 is 26.1 Å². The van der Waals surface area contributed by atoms with E-state index in [-0.39, 0.29) is 17.8 Å². The first kappa shape index (κ1) is 22.3. The van der Waals surface area contributed by atoms with Crippen molar-refractivity contribution in [3.63, 3.8) is 0 Å². The van der Waals surface area contributed by atoms with Gasteiger partial charge in [-0.3, -0.25) is 18.9 Å². The number of methoxy groups -OCH3 is 1. The molecule has 0 fully saturated rings. The van der Waals surface area contributed by atoms with Gasteiger partial charge in [-0.05, 0) is 30.3 Å². The number of aryl methyl sites for hydroxylation is 1. The Morgan fingerprint density at radius 1 is 1.21 bits per heavy atom. The minimum Gasteiger partial charge on any atom is -0.496 e. The molecule has 0 aliphatic rings. The van der Waals surface area contributed by atoms with Gasteiger partial charge in [0.05, 0.1) is 19.9 Å². The molecule has 2 heterocycles. The first-order chi connectivity index (χ1) is 16.0. The van der Waals surface area contributed by atoms with E-state index in [4.69, 9.17) is 9.47 Å². The summed E-state index contributed by atoms with van der Waals surface area (Å²) in [7, 11) is 3.12. The first-order valence-corrected chi connectivity index (χ1v) is 10.8. The minimum atomic E-state index is -0.549. The summed E-state index contributed by atoms with van der Waals surface area (Å²) in [6.45, 7) is 0.570. The van der Waals surface area contributed by atoms with Crippen LogP contribution in [0.1, 0.15) is 5.56 Å². The third-order valence-electron chi connectivity index (χ3n) is 4.89. The number of aromatic nitrogens is 4. The van der Waals surface area contributed by atoms with Gasteiger partial charge >= 0.3 is 5.69 Å². The number of hydrogen-bond acceptors (Lipinski definition) is 7. The lowest BCUT2D eigenvalue weighted by Crippen LogP contribution is -2.29. The molecule has 11 heteroatoms. The number of halogens is 1. The van der Waals surface area contributed by atoms with E-state index in [2.05, 4.69) is 36.4 Å². The van der Waals surface area contributed by atoms with Gasteiger partial charge in [0, 0.05) is 17.1 Å². The Morgan fingerprint density at radius 3 is 2.76 bits per heavy atom. The molecule has 10 nitrogen and oxygen atoms in total. The first-order valence-electron chi connectivity index (χ1n) is 9.98. The van der Waals surface area contributed by atoms with Crippen molar-refractivity contribution in [2.75, 3.05) is 19.1 Å². The second-order valence-corrected chi connectivity index (χ2v) is 7.91. The summed E-state index contributed by atoms with van der Waals surface area (Å²) in [5.41, 5.74) is 3.00. The van der Waals surface area contributed by atoms with Gasteiger partial charge in [0.25, 0.3) is 5.56 Å². The molecule has 0 unspecified atom stereocenters. The summed E-state index contributed by atoms with van der Waals surface area (Å²) in [6, 6.07) is 14.9. The van der Waals surface area contributed by atoms with E-state index in [1.807, 2.05) is 48.5 Å². The zero-order valence-electron chi connectivity index (χ0n) is 17.9. The van der Waals surface area contributed by atoms with Crippen LogP contribution in [0.3, 0.4) is 0 Å². The van der Waals surface area contributed by atoms with Gasteiger partial charge in [-0.1, -0.05) is 34.1 Å². The van der Waals surface area contributed by atoms with Crippen LogP contribution in [0, 0.1) is 0 Å². The lowest BCUT2D eigenvalue weighted by atomic mass is 10.2. The summed E-state index contributed by atoms with van der Waals surface area (Å²) in [5, 5.41) is 4.27. The molecule has 0 saturated carbocycles. The molecule has 2 aromatic carbocycles. The molecule has 0 atom stereocenters. The molecule has 33 heavy (non-hydrogen) atoms. The molecule has 0 aliphatic carbocycles. The number of fused-ring (bicyclic) bond motifs is 1. The number of anilines is 1. The van der Waals surface area contributed by atoms with Gasteiger partial charge in [-0.25, -0.2) is 10.2 Å². The molecule has 2 N–H and O–H groups in total. The van der Waals surface area contributed by atoms with Crippen molar-refractivity contribution < 1.29 is 9.47 Å². The van der Waals surface area contributed by atoms with Gasteiger partial charge in [0.2, 0.25) is 5.95 Å². The molecular weight excluding hydrogens is 492 g/mol. The Bertz CT molecular complexity index is 1420. The number of benzene rings is 2. The molecule has 0 bridgehead atoms. The molecule has 0 spiro atoms. The number of nitrogens with zero attached hydrogens (tertiary/aromatic N) is 4. The fraction of sp³-hybridized carbons (Fsp3) is 0.182. The molecule has 0 amide bonds. The van der Waals surface area contributed by atoms with Crippen molar-refractivity contribution in [3.05, 3.63) is 79.4 Å². The van der Waals surface area contributed by atoms with Gasteiger partial charge < -0.3 is 9.47 Å². The average Bonchev–Trinajstić information content (AvgIpc) is 3.17. The quantitative estimate of drug-likeness (QED) is 0.277. The van der Waals surface area contributed by atoms with Crippen molar-refractivity contribution in [2.45, 2.75) is 6.54 Å². The van der Waals surface area contributed by atoms with Gasteiger partial charge in [0.15, 0.2) is 11.2 Å². The fourth-order valence-electron chi connectivity index (χ4n) is 3.27. The summed E-state index contributed by atoms with van der Waals surface area (Å²) in [5.74, 6) is 1.64. The number of ether oxygens (including phenoxy) is 2. The maximum atomic E-state index is 12.6. The number of H-pyrrole nitrogens is 1. The number of para-hydroxylation sites is 1. The number of hydrazone groups is 1. The van der Waals surface area contributed by atoms with Crippen LogP contribution in [-0.4, -0.2) is 39.0 Å². The van der Waals surface area contributed by atoms with Crippen LogP contribution in [-0.2, 0) is 13.6 Å². The van der Waals surface area contributed by atoms with E-state index in [0.29, 0.717) is 24.0 Å². The van der Waals surface area contributed by atoms with Crippen LogP contribution in [0.25, 0.3) is 11.2 Å². The number of nitrogens with one attached hydrogen (secondary N) is 2. The van der Waals surface area contributed by atoms with Crippen LogP contribution >= 0.6 is 15.9 Å². The third kappa shape index (κ3) is 4.82. The zero-order chi connectivity index (χ0) is 23.4. The highest BCUT2D eigenvalue weighted by Gasteiger charge is 2.17. The van der Waals surface area contributed by atoms with Crippen molar-refractivity contribution in [1.82, 2.24) is 19.1 Å². The van der Waals surface area contributed by atoms with Gasteiger partial charge in [0.1, 0.15) is 18.1 Å². The monoisotopic (exact) mass is 512 g/mol. The topological polar surface area (TPSA) is 116 Å². The van der Waals surface area contributed by atoms with E-state index >= 15 is 0 Å². The summed E-state index contributed by atoms with van der Waals surface area (Å²) in [4.78, 5) is 31.4. The highest BCUT2D eigenvalue weighted by Crippen LogP contribution is 2.22. The maximum Gasteiger partial charge on any atom is 0.329 e. The van der Waals surface area contributed by atoms with Crippen LogP contribution in [0.15, 0.2) is 67.7 Å². The molecule has 0 aliphatic heterocycles. The summed E-state index contributed by atoms with van der Waals surface area (Å²) < 4.78 is 14.9. The fourth-order valence-corrected chi connectivity index (χ4v) is 3.65. The Hall–Kier alpha value is -3.86. The second-order valence-electron chi connectivity index (χ2n) is 7.00. The molecular formula is C22H21BrN6O4. The van der Waals surface area contributed by atoms with E-state index in [1.54, 1.807) is 17.9 Å². The summed E-state index contributed by atoms with van der Waals surface area (Å²) >= 11 is 3.43. The van der Waals surface area contributed by atoms with Crippen LogP contribution in [0.5, 0.6) is 11.5 Å². The van der Waals surface area contributed by atoms with Crippen molar-refractivity contribution >= 4 is 39.3 Å². The van der Waals surface area contributed by atoms with E-state index in [9.17, 15) is 9.59 Å². The normalized spacial score (nSPS) is 11.2. The van der Waals surface area contributed by atoms with E-state index in [0.717, 1.165) is 10.0 Å². The largest absolute Gasteiger partial charge is 0.496 e. The van der Waals surface area contributed by atoms with Crippen molar-refractivity contribution in [2.24, 2.45) is 12.1 Å². The van der Waals surface area contributed by atoms with Crippen LogP contribution in [0.2, 0.25) is 0 Å². The van der Waals surface area contributed by atoms with E-state index < -0.39 is 11.2 Å². The average molecular weight is 513 g/mol. The summed E-state index contributed by atoms with van der Waals surface area (Å²) in [6.07, 6.45) is 1.58. The van der Waals surface area contributed by atoms with Crippen molar-refractivity contribution in [3.8, 4) is 11.5 Å². The van der Waals surface area contributed by atoms with Gasteiger partial charge in [-0.2, -0.15) is 10.1 Å². The minimum absolute atomic E-state index is 0.237. The highest BCUT2D eigenvalue weighted by molar-refractivity contribution is 9.10. The lowest BCUT2D eigenvalue weighted by Gasteiger charge is -2.10. The lowest BCUT2D eigenvalue weighted by molar-refractivity contribution is 0.301. The Kier molecular flexibility index (Phi) is 6.59. The smallest absolute Gasteiger partial charge is 0.329 e. The number of rotatable bonds is 8. The van der Waals surface area contributed by atoms with Crippen molar-refractivity contribution in [1.29, 1.82) is 0 Å². The standard InChI is InChI=1S/C22H21BrN6O4/c1-28-19-18(20(30)26-22(28)31)29(10-11-33-16-6-4-3-5-7-16)21(25-19)27-24-13-14-12-15(23)8-9-17(14)32-2/h3-9,12-13H,10-11H2,1-2H3,(H,25,27)(H,26,30,31)/b24-13-. The van der Waals surface area contributed by atoms with Gasteiger partial charge in [-0.15, -0.1) is 0 Å². The SMILES string of the molecule is COc1ccc(Br)cc1/C=N\Nc1nc2c(c(=O)[nH]c(=O)n2C)n1CCOc1ccccc1. The predicted octanol–water partition coefficient (Wildman–Crippen LogP) is 2.72. The molecule has 4 aromatic rings. The number of hydrogen-bond donors (Lipinski definition) is 2. The maximum absolute atomic E-state index is 12.6. The predicted molar refractivity (Wildman–Crippen MR) is 129 cm³/mol. The molecule has 170 valence electrons. The Balaban J connectivity index is 1.66. The Morgan fingerprint density at radius 2 is 2.00 bits per heavy atom. The second kappa shape index (κ2) is 9.74. The van der Waals surface area contributed by atoms with Crippen LogP contribution in [0.4, 0.5) is 5.95 Å². The molecule has 4 rings (SSSR count). The number of aromatic amines is 1. The van der Waals surface area contributed by atoms with E-state index in [1.165, 1.54) is 11.6 Å². The third-order valence-corrected chi connectivity index (χ3v) is 5.39. The Labute approximate surface area is 196 Å². The molecule has 2 aromatic heterocycles.